The summed E-state index contributed by atoms with van der Waals surface area (Å²) >= 11 is 12.0. The van der Waals surface area contributed by atoms with E-state index in [1.54, 1.807) is 0 Å². The number of anilines is 1. The average Bonchev–Trinajstić information content (AvgIpc) is 2.35. The first-order chi connectivity index (χ1) is 8.18. The Balaban J connectivity index is 2.17. The number of para-hydroxylation sites is 1. The van der Waals surface area contributed by atoms with Gasteiger partial charge in [-0.05, 0) is 12.1 Å². The van der Waals surface area contributed by atoms with Gasteiger partial charge < -0.3 is 10.5 Å². The Morgan fingerprint density at radius 3 is 2.59 bits per heavy atom. The second-order valence-electron chi connectivity index (χ2n) is 3.39. The largest absolute Gasteiger partial charge is 0.489 e. The first kappa shape index (κ1) is 12.0. The highest BCUT2D eigenvalue weighted by atomic mass is 35.5. The summed E-state index contributed by atoms with van der Waals surface area (Å²) in [4.78, 5) is 3.85. The van der Waals surface area contributed by atoms with Crippen LogP contribution in [-0.2, 0) is 6.61 Å². The minimum atomic E-state index is 0.253. The molecule has 0 aliphatic rings. The van der Waals surface area contributed by atoms with Gasteiger partial charge in [-0.3, -0.25) is 0 Å². The number of benzene rings is 1. The van der Waals surface area contributed by atoms with Crippen LogP contribution in [-0.4, -0.2) is 4.98 Å². The fraction of sp³-hybridized carbons (Fsp3) is 0.0833. The predicted octanol–water partition coefficient (Wildman–Crippen LogP) is 3.55. The van der Waals surface area contributed by atoms with Gasteiger partial charge in [0.25, 0.3) is 0 Å². The second-order valence-corrected chi connectivity index (χ2v) is 4.17. The zero-order chi connectivity index (χ0) is 12.3. The van der Waals surface area contributed by atoms with Gasteiger partial charge in [-0.25, -0.2) is 4.98 Å². The van der Waals surface area contributed by atoms with Gasteiger partial charge >= 0.3 is 0 Å². The van der Waals surface area contributed by atoms with Crippen LogP contribution in [0.5, 0.6) is 5.75 Å². The van der Waals surface area contributed by atoms with Gasteiger partial charge in [0.15, 0.2) is 0 Å². The van der Waals surface area contributed by atoms with E-state index in [0.29, 0.717) is 15.6 Å². The van der Waals surface area contributed by atoms with Crippen LogP contribution in [0.25, 0.3) is 0 Å². The van der Waals surface area contributed by atoms with E-state index in [-0.39, 0.29) is 12.4 Å². The van der Waals surface area contributed by atoms with E-state index in [0.717, 1.165) is 5.75 Å². The Labute approximate surface area is 109 Å². The highest BCUT2D eigenvalue weighted by molar-refractivity contribution is 6.37. The van der Waals surface area contributed by atoms with E-state index < -0.39 is 0 Å². The highest BCUT2D eigenvalue weighted by Gasteiger charge is 2.10. The molecule has 0 amide bonds. The Hall–Kier alpha value is -1.45. The SMILES string of the molecule is Nc1ncc(Cl)c(COc2ccccc2)c1Cl. The van der Waals surface area contributed by atoms with Crippen molar-refractivity contribution in [2.75, 3.05) is 5.73 Å². The molecule has 0 radical (unpaired) electrons. The van der Waals surface area contributed by atoms with Crippen LogP contribution in [0.3, 0.4) is 0 Å². The van der Waals surface area contributed by atoms with Crippen molar-refractivity contribution in [1.29, 1.82) is 0 Å². The van der Waals surface area contributed by atoms with Gasteiger partial charge in [0.1, 0.15) is 18.2 Å². The van der Waals surface area contributed by atoms with E-state index in [2.05, 4.69) is 4.98 Å². The lowest BCUT2D eigenvalue weighted by Gasteiger charge is -2.10. The third-order valence-corrected chi connectivity index (χ3v) is 2.97. The summed E-state index contributed by atoms with van der Waals surface area (Å²) < 4.78 is 5.56. The fourth-order valence-corrected chi connectivity index (χ4v) is 1.78. The van der Waals surface area contributed by atoms with Crippen molar-refractivity contribution in [3.05, 3.63) is 52.1 Å². The predicted molar refractivity (Wildman–Crippen MR) is 69.4 cm³/mol. The van der Waals surface area contributed by atoms with Gasteiger partial charge in [0.05, 0.1) is 10.0 Å². The van der Waals surface area contributed by atoms with Crippen molar-refractivity contribution in [2.24, 2.45) is 0 Å². The molecule has 2 N–H and O–H groups in total. The first-order valence-corrected chi connectivity index (χ1v) is 5.70. The van der Waals surface area contributed by atoms with Crippen molar-refractivity contribution >= 4 is 29.0 Å². The second kappa shape index (κ2) is 5.25. The van der Waals surface area contributed by atoms with Gasteiger partial charge in [0.2, 0.25) is 0 Å². The van der Waals surface area contributed by atoms with Crippen LogP contribution in [0, 0.1) is 0 Å². The van der Waals surface area contributed by atoms with Gasteiger partial charge in [-0.1, -0.05) is 41.4 Å². The maximum absolute atomic E-state index is 6.01. The zero-order valence-electron chi connectivity index (χ0n) is 8.86. The van der Waals surface area contributed by atoms with E-state index in [4.69, 9.17) is 33.7 Å². The summed E-state index contributed by atoms with van der Waals surface area (Å²) in [6, 6.07) is 9.40. The molecular formula is C12H10Cl2N2O. The van der Waals surface area contributed by atoms with Crippen LogP contribution < -0.4 is 10.5 Å². The summed E-state index contributed by atoms with van der Waals surface area (Å²) in [6.45, 7) is 0.258. The number of pyridine rings is 1. The number of hydrogen-bond acceptors (Lipinski definition) is 3. The smallest absolute Gasteiger partial charge is 0.142 e. The zero-order valence-corrected chi connectivity index (χ0v) is 10.4. The van der Waals surface area contributed by atoms with Gasteiger partial charge in [-0.15, -0.1) is 0 Å². The number of rotatable bonds is 3. The maximum atomic E-state index is 6.01. The van der Waals surface area contributed by atoms with Crippen LogP contribution in [0.1, 0.15) is 5.56 Å². The van der Waals surface area contributed by atoms with Gasteiger partial charge in [0, 0.05) is 11.8 Å². The number of nitrogens with zero attached hydrogens (tertiary/aromatic N) is 1. The van der Waals surface area contributed by atoms with Crippen molar-refractivity contribution in [1.82, 2.24) is 4.98 Å². The molecule has 0 fully saturated rings. The van der Waals surface area contributed by atoms with Crippen molar-refractivity contribution in [3.8, 4) is 5.75 Å². The first-order valence-electron chi connectivity index (χ1n) is 4.94. The minimum Gasteiger partial charge on any atom is -0.489 e. The topological polar surface area (TPSA) is 48.1 Å². The molecule has 0 bridgehead atoms. The van der Waals surface area contributed by atoms with Crippen LogP contribution in [0.4, 0.5) is 5.82 Å². The minimum absolute atomic E-state index is 0.253. The molecule has 3 nitrogen and oxygen atoms in total. The Kier molecular flexibility index (Phi) is 3.71. The maximum Gasteiger partial charge on any atom is 0.142 e. The number of nitrogen functional groups attached to an aromatic ring is 1. The van der Waals surface area contributed by atoms with E-state index in [1.807, 2.05) is 30.3 Å². The van der Waals surface area contributed by atoms with E-state index >= 15 is 0 Å². The quantitative estimate of drug-likeness (QED) is 0.926. The standard InChI is InChI=1S/C12H10Cl2N2O/c13-10-6-16-12(15)11(14)9(10)7-17-8-4-2-1-3-5-8/h1-6H,7H2,(H2,15,16). The molecule has 1 aromatic carbocycles. The highest BCUT2D eigenvalue weighted by Crippen LogP contribution is 2.28. The molecule has 0 unspecified atom stereocenters. The summed E-state index contributed by atoms with van der Waals surface area (Å²) in [6.07, 6.45) is 1.46. The Morgan fingerprint density at radius 1 is 1.18 bits per heavy atom. The number of ether oxygens (including phenoxy) is 1. The molecule has 2 aromatic rings. The normalized spacial score (nSPS) is 10.2. The number of aromatic nitrogens is 1. The molecule has 0 atom stereocenters. The molecule has 1 aromatic heterocycles. The molecule has 17 heavy (non-hydrogen) atoms. The molecule has 1 heterocycles. The molecule has 0 saturated heterocycles. The molecule has 0 aliphatic heterocycles. The summed E-state index contributed by atoms with van der Waals surface area (Å²) in [5, 5.41) is 0.786. The lowest BCUT2D eigenvalue weighted by atomic mass is 10.2. The van der Waals surface area contributed by atoms with Crippen molar-refractivity contribution in [3.63, 3.8) is 0 Å². The Bertz CT molecular complexity index is 517. The molecule has 5 heteroatoms. The van der Waals surface area contributed by atoms with Gasteiger partial charge in [-0.2, -0.15) is 0 Å². The third-order valence-electron chi connectivity index (χ3n) is 2.22. The lowest BCUT2D eigenvalue weighted by Crippen LogP contribution is -2.01. The number of nitrogens with two attached hydrogens (primary N) is 1. The summed E-state index contributed by atoms with van der Waals surface area (Å²) in [5.41, 5.74) is 6.24. The van der Waals surface area contributed by atoms with Crippen molar-refractivity contribution in [2.45, 2.75) is 6.61 Å². The molecule has 2 rings (SSSR count). The molecule has 0 aliphatic carbocycles. The summed E-state index contributed by atoms with van der Waals surface area (Å²) in [7, 11) is 0. The van der Waals surface area contributed by atoms with Crippen LogP contribution in [0.15, 0.2) is 36.5 Å². The number of hydrogen-bond donors (Lipinski definition) is 1. The van der Waals surface area contributed by atoms with Crippen LogP contribution in [0.2, 0.25) is 10.0 Å². The lowest BCUT2D eigenvalue weighted by molar-refractivity contribution is 0.306. The third kappa shape index (κ3) is 2.81. The molecule has 88 valence electrons. The Morgan fingerprint density at radius 2 is 1.88 bits per heavy atom. The van der Waals surface area contributed by atoms with E-state index in [1.165, 1.54) is 6.20 Å². The van der Waals surface area contributed by atoms with Crippen molar-refractivity contribution < 1.29 is 4.74 Å². The molecule has 0 saturated carbocycles. The fourth-order valence-electron chi connectivity index (χ4n) is 1.32. The van der Waals surface area contributed by atoms with Crippen LogP contribution >= 0.6 is 23.2 Å². The van der Waals surface area contributed by atoms with E-state index in [9.17, 15) is 0 Å². The molecule has 0 spiro atoms. The monoisotopic (exact) mass is 268 g/mol. The number of halogens is 2. The molecular weight excluding hydrogens is 259 g/mol. The average molecular weight is 269 g/mol. The summed E-state index contributed by atoms with van der Waals surface area (Å²) in [5.74, 6) is 0.998.